The van der Waals surface area contributed by atoms with E-state index in [1.807, 2.05) is 0 Å². The van der Waals surface area contributed by atoms with Crippen molar-refractivity contribution in [2.24, 2.45) is 5.73 Å². The van der Waals surface area contributed by atoms with Crippen LogP contribution in [-0.4, -0.2) is 48.4 Å². The van der Waals surface area contributed by atoms with Crippen LogP contribution >= 0.6 is 15.8 Å². The van der Waals surface area contributed by atoms with Gasteiger partial charge < -0.3 is 16.0 Å². The van der Waals surface area contributed by atoms with Crippen molar-refractivity contribution in [1.82, 2.24) is 5.48 Å². The summed E-state index contributed by atoms with van der Waals surface area (Å²) in [6.07, 6.45) is 1.90. The molecule has 0 radical (unpaired) electrons. The van der Waals surface area contributed by atoms with Gasteiger partial charge in [-0.15, -0.1) is 8.39 Å². The van der Waals surface area contributed by atoms with Crippen LogP contribution in [0.2, 0.25) is 0 Å². The number of carbonyl (C=O) groups is 1. The van der Waals surface area contributed by atoms with Crippen molar-refractivity contribution in [1.29, 1.82) is 0 Å². The summed E-state index contributed by atoms with van der Waals surface area (Å²) in [5, 5.41) is 16.8. The zero-order valence-electron chi connectivity index (χ0n) is 10.5. The van der Waals surface area contributed by atoms with Gasteiger partial charge in [-0.3, -0.25) is 24.4 Å². The maximum absolute atomic E-state index is 10.4. The highest BCUT2D eigenvalue weighted by Gasteiger charge is 2.14. The monoisotopic (exact) mass is 362 g/mol. The van der Waals surface area contributed by atoms with Crippen molar-refractivity contribution < 1.29 is 52.2 Å². The Labute approximate surface area is 118 Å². The van der Waals surface area contributed by atoms with Gasteiger partial charge in [-0.05, 0) is 25.8 Å². The number of hydrogen-bond donors (Lipinski definition) is 8. The molecule has 11 nitrogen and oxygen atoms in total. The summed E-state index contributed by atoms with van der Waals surface area (Å²) in [4.78, 5) is 38.1. The molecule has 0 saturated carbocycles. The van der Waals surface area contributed by atoms with E-state index < -0.39 is 27.8 Å². The summed E-state index contributed by atoms with van der Waals surface area (Å²) in [7, 11) is -10.3. The quantitative estimate of drug-likeness (QED) is 0.174. The molecule has 0 bridgehead atoms. The van der Waals surface area contributed by atoms with E-state index in [0.717, 1.165) is 6.42 Å². The number of carboxylic acid groups (broad SMARTS) is 1. The molecular formula is C6H18F2N2O9P2. The van der Waals surface area contributed by atoms with Gasteiger partial charge in [-0.1, -0.05) is 0 Å². The number of aliphatic carboxylic acids is 1. The van der Waals surface area contributed by atoms with Gasteiger partial charge in [0.1, 0.15) is 6.04 Å². The smallest absolute Gasteiger partial charge is 0.480 e. The SMILES string of the molecule is NCCCCC(NO)C(=O)O.O=P(O)(O)F.O=P(O)(O)F. The highest BCUT2D eigenvalue weighted by Crippen LogP contribution is 2.35. The second-order valence-electron chi connectivity index (χ2n) is 3.25. The summed E-state index contributed by atoms with van der Waals surface area (Å²) in [6.45, 7) is 0.553. The molecule has 0 spiro atoms. The van der Waals surface area contributed by atoms with E-state index in [1.165, 1.54) is 0 Å². The Bertz CT molecular complexity index is 324. The number of nitrogens with one attached hydrogen (secondary N) is 1. The highest BCUT2D eigenvalue weighted by atomic mass is 31.2. The van der Waals surface area contributed by atoms with Gasteiger partial charge in [-0.25, -0.2) is 9.13 Å². The Kier molecular flexibility index (Phi) is 16.0. The summed E-state index contributed by atoms with van der Waals surface area (Å²) < 4.78 is 38.0. The summed E-state index contributed by atoms with van der Waals surface area (Å²) in [5.74, 6) is -1.04. The molecule has 0 fully saturated rings. The molecule has 15 heteroatoms. The Hall–Kier alpha value is -0.490. The molecule has 1 unspecified atom stereocenters. The topological polar surface area (TPSA) is 211 Å². The number of halogens is 2. The average Bonchev–Trinajstić information content (AvgIpc) is 2.19. The van der Waals surface area contributed by atoms with Crippen molar-refractivity contribution in [3.05, 3.63) is 0 Å². The third kappa shape index (κ3) is 54.2. The van der Waals surface area contributed by atoms with Crippen LogP contribution in [0, 0.1) is 0 Å². The van der Waals surface area contributed by atoms with Crippen molar-refractivity contribution >= 4 is 21.8 Å². The van der Waals surface area contributed by atoms with E-state index in [-0.39, 0.29) is 0 Å². The fraction of sp³-hybridized carbons (Fsp3) is 0.833. The third-order valence-corrected chi connectivity index (χ3v) is 1.40. The van der Waals surface area contributed by atoms with Crippen LogP contribution in [0.15, 0.2) is 0 Å². The van der Waals surface area contributed by atoms with Gasteiger partial charge in [0.05, 0.1) is 0 Å². The first-order valence-electron chi connectivity index (χ1n) is 5.05. The number of hydrogen-bond acceptors (Lipinski definition) is 6. The van der Waals surface area contributed by atoms with Crippen LogP contribution in [0.4, 0.5) is 8.39 Å². The minimum Gasteiger partial charge on any atom is -0.480 e. The van der Waals surface area contributed by atoms with Crippen molar-refractivity contribution in [2.75, 3.05) is 6.54 Å². The first-order valence-corrected chi connectivity index (χ1v) is 8.05. The fourth-order valence-corrected chi connectivity index (χ4v) is 0.736. The second-order valence-corrected chi connectivity index (χ2v) is 5.14. The van der Waals surface area contributed by atoms with E-state index in [4.69, 9.17) is 44.8 Å². The summed E-state index contributed by atoms with van der Waals surface area (Å²) >= 11 is 0. The molecule has 0 aromatic carbocycles. The number of carboxylic acids is 1. The second kappa shape index (κ2) is 13.2. The molecule has 0 heterocycles. The Morgan fingerprint density at radius 2 is 1.43 bits per heavy atom. The normalized spacial score (nSPS) is 12.4. The molecule has 0 aliphatic carbocycles. The molecule has 1 atom stereocenters. The molecule has 0 aliphatic rings. The van der Waals surface area contributed by atoms with Gasteiger partial charge in [-0.2, -0.15) is 5.48 Å². The van der Waals surface area contributed by atoms with Crippen LogP contribution in [-0.2, 0) is 13.9 Å². The molecule has 0 aromatic rings. The minimum atomic E-state index is -5.14. The number of hydroxylamine groups is 1. The molecule has 0 amide bonds. The Morgan fingerprint density at radius 3 is 1.62 bits per heavy atom. The molecule has 0 aromatic heterocycles. The molecular weight excluding hydrogens is 344 g/mol. The van der Waals surface area contributed by atoms with Gasteiger partial charge in [0.2, 0.25) is 0 Å². The summed E-state index contributed by atoms with van der Waals surface area (Å²) in [6, 6.07) is -0.860. The van der Waals surface area contributed by atoms with E-state index in [0.29, 0.717) is 19.4 Å². The Morgan fingerprint density at radius 1 is 1.10 bits per heavy atom. The van der Waals surface area contributed by atoms with Crippen LogP contribution in [0.5, 0.6) is 0 Å². The maximum Gasteiger partial charge on any atom is 0.507 e. The molecule has 0 aliphatic heterocycles. The fourth-order valence-electron chi connectivity index (χ4n) is 0.736. The largest absolute Gasteiger partial charge is 0.507 e. The predicted octanol–water partition coefficient (Wildman–Crippen LogP) is -0.355. The number of unbranched alkanes of at least 4 members (excludes halogenated alkanes) is 1. The number of rotatable bonds is 6. The van der Waals surface area contributed by atoms with E-state index >= 15 is 0 Å². The lowest BCUT2D eigenvalue weighted by atomic mass is 10.1. The maximum atomic E-state index is 10.4. The highest BCUT2D eigenvalue weighted by molar-refractivity contribution is 7.46. The lowest BCUT2D eigenvalue weighted by Gasteiger charge is -2.08. The zero-order valence-corrected chi connectivity index (χ0v) is 12.3. The standard InChI is InChI=1S/C6H14N2O3.2FH2O3P/c7-4-2-1-3-5(8-11)6(9)10;2*1-5(2,3)4/h5,8,11H,1-4,7H2,(H,9,10);2*(H2,2,3,4). The molecule has 21 heavy (non-hydrogen) atoms. The van der Waals surface area contributed by atoms with Gasteiger partial charge in [0.15, 0.2) is 0 Å². The lowest BCUT2D eigenvalue weighted by molar-refractivity contribution is -0.142. The Balaban J connectivity index is -0.000000270. The van der Waals surface area contributed by atoms with Gasteiger partial charge in [0.25, 0.3) is 0 Å². The van der Waals surface area contributed by atoms with E-state index in [1.54, 1.807) is 5.48 Å². The van der Waals surface area contributed by atoms with Crippen LogP contribution in [0.3, 0.4) is 0 Å². The average molecular weight is 362 g/mol. The van der Waals surface area contributed by atoms with Gasteiger partial charge >= 0.3 is 21.8 Å². The van der Waals surface area contributed by atoms with E-state index in [9.17, 15) is 13.2 Å². The van der Waals surface area contributed by atoms with Crippen LogP contribution in [0.1, 0.15) is 19.3 Å². The predicted molar refractivity (Wildman–Crippen MR) is 65.6 cm³/mol. The first-order chi connectivity index (χ1) is 9.22. The van der Waals surface area contributed by atoms with Crippen LogP contribution < -0.4 is 11.2 Å². The molecule has 9 N–H and O–H groups in total. The minimum absolute atomic E-state index is 0.406. The van der Waals surface area contributed by atoms with Crippen molar-refractivity contribution in [2.45, 2.75) is 25.3 Å². The van der Waals surface area contributed by atoms with Crippen molar-refractivity contribution in [3.63, 3.8) is 0 Å². The first kappa shape index (κ1) is 25.5. The summed E-state index contributed by atoms with van der Waals surface area (Å²) in [5.41, 5.74) is 6.92. The third-order valence-electron chi connectivity index (χ3n) is 1.40. The van der Waals surface area contributed by atoms with Gasteiger partial charge in [0, 0.05) is 0 Å². The van der Waals surface area contributed by atoms with E-state index in [2.05, 4.69) is 0 Å². The lowest BCUT2D eigenvalue weighted by Crippen LogP contribution is -2.34. The molecule has 0 saturated heterocycles. The molecule has 130 valence electrons. The van der Waals surface area contributed by atoms with Crippen molar-refractivity contribution in [3.8, 4) is 0 Å². The number of nitrogens with two attached hydrogens (primary N) is 1. The zero-order chi connectivity index (χ0) is 17.7. The van der Waals surface area contributed by atoms with Crippen LogP contribution in [0.25, 0.3) is 0 Å². The molecule has 0 rings (SSSR count).